The first-order valence-corrected chi connectivity index (χ1v) is 10.2. The predicted octanol–water partition coefficient (Wildman–Crippen LogP) is 3.82. The Hall–Kier alpha value is -1.81. The van der Waals surface area contributed by atoms with Crippen molar-refractivity contribution >= 4 is 16.8 Å². The highest BCUT2D eigenvalue weighted by molar-refractivity contribution is 6.08. The molecular weight excluding hydrogens is 322 g/mol. The van der Waals surface area contributed by atoms with Gasteiger partial charge in [0.2, 0.25) is 0 Å². The molecule has 1 fully saturated rings. The number of nitrogens with two attached hydrogens (primary N) is 1. The Bertz CT molecular complexity index is 818. The average molecular weight is 354 g/mol. The molecule has 4 heteroatoms. The number of hydrogen-bond acceptors (Lipinski definition) is 2. The van der Waals surface area contributed by atoms with Crippen molar-refractivity contribution < 1.29 is 4.79 Å². The number of aromatic nitrogens is 1. The molecule has 2 aliphatic rings. The number of para-hydroxylation sites is 1. The maximum atomic E-state index is 12.5. The average Bonchev–Trinajstić information content (AvgIpc) is 3.14. The van der Waals surface area contributed by atoms with E-state index < -0.39 is 0 Å². The number of primary amides is 1. The Labute approximate surface area is 156 Å². The maximum Gasteiger partial charge on any atom is 0.251 e. The van der Waals surface area contributed by atoms with Gasteiger partial charge < -0.3 is 15.6 Å². The van der Waals surface area contributed by atoms with Crippen molar-refractivity contribution in [2.45, 2.75) is 57.9 Å². The van der Waals surface area contributed by atoms with Crippen LogP contribution in [0.5, 0.6) is 0 Å². The Morgan fingerprint density at radius 3 is 2.73 bits per heavy atom. The van der Waals surface area contributed by atoms with Gasteiger partial charge in [0.1, 0.15) is 0 Å². The lowest BCUT2D eigenvalue weighted by molar-refractivity contribution is 0.0994. The number of nitrogens with one attached hydrogen (secondary N) is 1. The Balaban J connectivity index is 1.92. The first-order chi connectivity index (χ1) is 12.6. The molecule has 0 radical (unpaired) electrons. The van der Waals surface area contributed by atoms with Crippen LogP contribution < -0.4 is 11.1 Å². The standard InChI is InChI=1S/C22H31N3O/c1-3-4-7-16-14-25-18-9-6-5-8-17(18)19(21(23)26)20(25)22(16,2)15-10-12-24-13-11-15/h5-6,8-9,15-16,24H,3-4,7,10-14H2,1-2H3,(H2,23,26). The van der Waals surface area contributed by atoms with Gasteiger partial charge in [-0.05, 0) is 50.3 Å². The number of rotatable bonds is 5. The normalized spacial score (nSPS) is 26.3. The van der Waals surface area contributed by atoms with E-state index in [9.17, 15) is 4.79 Å². The van der Waals surface area contributed by atoms with Crippen LogP contribution in [-0.2, 0) is 12.0 Å². The highest BCUT2D eigenvalue weighted by Gasteiger charge is 2.51. The van der Waals surface area contributed by atoms with Gasteiger partial charge in [-0.2, -0.15) is 0 Å². The number of unbranched alkanes of at least 4 members (excludes halogenated alkanes) is 1. The number of benzene rings is 1. The van der Waals surface area contributed by atoms with Crippen LogP contribution in [0.1, 0.15) is 62.0 Å². The smallest absolute Gasteiger partial charge is 0.251 e. The Kier molecular flexibility index (Phi) is 4.55. The van der Waals surface area contributed by atoms with Crippen molar-refractivity contribution in [3.63, 3.8) is 0 Å². The third-order valence-electron chi connectivity index (χ3n) is 7.07. The first kappa shape index (κ1) is 17.6. The second-order valence-corrected chi connectivity index (χ2v) is 8.36. The summed E-state index contributed by atoms with van der Waals surface area (Å²) >= 11 is 0. The number of amides is 1. The van der Waals surface area contributed by atoms with Crippen LogP contribution in [0.15, 0.2) is 24.3 Å². The van der Waals surface area contributed by atoms with Gasteiger partial charge in [-0.1, -0.05) is 44.9 Å². The molecule has 4 rings (SSSR count). The second-order valence-electron chi connectivity index (χ2n) is 8.36. The maximum absolute atomic E-state index is 12.5. The van der Waals surface area contributed by atoms with Gasteiger partial charge >= 0.3 is 0 Å². The summed E-state index contributed by atoms with van der Waals surface area (Å²) < 4.78 is 2.43. The van der Waals surface area contributed by atoms with E-state index in [-0.39, 0.29) is 11.3 Å². The molecule has 1 aromatic heterocycles. The quantitative estimate of drug-likeness (QED) is 0.858. The lowest BCUT2D eigenvalue weighted by Gasteiger charge is -2.42. The van der Waals surface area contributed by atoms with E-state index in [2.05, 4.69) is 41.9 Å². The minimum absolute atomic E-state index is 0.0284. The molecule has 4 nitrogen and oxygen atoms in total. The van der Waals surface area contributed by atoms with Crippen molar-refractivity contribution in [2.75, 3.05) is 13.1 Å². The third-order valence-corrected chi connectivity index (χ3v) is 7.07. The van der Waals surface area contributed by atoms with E-state index in [1.165, 1.54) is 43.3 Å². The summed E-state index contributed by atoms with van der Waals surface area (Å²) in [5.74, 6) is 0.920. The predicted molar refractivity (Wildman–Crippen MR) is 106 cm³/mol. The van der Waals surface area contributed by atoms with Crippen LogP contribution in [0.25, 0.3) is 10.9 Å². The van der Waals surface area contributed by atoms with Crippen molar-refractivity contribution in [1.29, 1.82) is 0 Å². The van der Waals surface area contributed by atoms with E-state index in [0.717, 1.165) is 30.6 Å². The number of piperidine rings is 1. The molecule has 0 saturated carbocycles. The molecule has 0 aliphatic carbocycles. The summed E-state index contributed by atoms with van der Waals surface area (Å²) in [5.41, 5.74) is 9.13. The fourth-order valence-corrected chi connectivity index (χ4v) is 5.70. The SMILES string of the molecule is CCCCC1Cn2c(c(C(N)=O)c3ccccc32)C1(C)C1CCNCC1. The lowest BCUT2D eigenvalue weighted by atomic mass is 9.62. The fourth-order valence-electron chi connectivity index (χ4n) is 5.70. The van der Waals surface area contributed by atoms with Crippen molar-refractivity contribution in [2.24, 2.45) is 17.6 Å². The topological polar surface area (TPSA) is 60.0 Å². The number of fused-ring (bicyclic) bond motifs is 3. The highest BCUT2D eigenvalue weighted by atomic mass is 16.1. The van der Waals surface area contributed by atoms with Gasteiger partial charge in [0, 0.05) is 28.6 Å². The summed E-state index contributed by atoms with van der Waals surface area (Å²) in [7, 11) is 0. The van der Waals surface area contributed by atoms with Gasteiger partial charge in [-0.15, -0.1) is 0 Å². The largest absolute Gasteiger partial charge is 0.366 e. The van der Waals surface area contributed by atoms with Gasteiger partial charge in [-0.25, -0.2) is 0 Å². The molecule has 1 aromatic carbocycles. The molecule has 2 atom stereocenters. The van der Waals surface area contributed by atoms with Crippen LogP contribution in [-0.4, -0.2) is 23.6 Å². The minimum atomic E-state index is -0.272. The van der Waals surface area contributed by atoms with Crippen LogP contribution in [0.4, 0.5) is 0 Å². The zero-order valence-electron chi connectivity index (χ0n) is 16.1. The third kappa shape index (κ3) is 2.50. The highest BCUT2D eigenvalue weighted by Crippen LogP contribution is 2.53. The van der Waals surface area contributed by atoms with Crippen LogP contribution in [0.2, 0.25) is 0 Å². The molecule has 0 spiro atoms. The van der Waals surface area contributed by atoms with Gasteiger partial charge in [0.25, 0.3) is 5.91 Å². The number of hydrogen-bond donors (Lipinski definition) is 2. The molecule has 2 aromatic rings. The van der Waals surface area contributed by atoms with Crippen molar-refractivity contribution in [3.05, 3.63) is 35.5 Å². The molecule has 1 saturated heterocycles. The number of nitrogens with zero attached hydrogens (tertiary/aromatic N) is 1. The van der Waals surface area contributed by atoms with Gasteiger partial charge in [0.15, 0.2) is 0 Å². The summed E-state index contributed by atoms with van der Waals surface area (Å²) in [6.07, 6.45) is 6.06. The van der Waals surface area contributed by atoms with E-state index in [1.54, 1.807) is 0 Å². The molecule has 1 amide bonds. The molecule has 3 heterocycles. The molecule has 3 N–H and O–H groups in total. The molecule has 0 bridgehead atoms. The molecule has 26 heavy (non-hydrogen) atoms. The monoisotopic (exact) mass is 353 g/mol. The Morgan fingerprint density at radius 2 is 2.04 bits per heavy atom. The van der Waals surface area contributed by atoms with Gasteiger partial charge in [-0.3, -0.25) is 4.79 Å². The van der Waals surface area contributed by atoms with Crippen LogP contribution in [0, 0.1) is 11.8 Å². The lowest BCUT2D eigenvalue weighted by Crippen LogP contribution is -2.43. The number of carbonyl (C=O) groups excluding carboxylic acids is 1. The zero-order chi connectivity index (χ0) is 18.3. The summed E-state index contributed by atoms with van der Waals surface area (Å²) in [4.78, 5) is 12.5. The molecule has 140 valence electrons. The van der Waals surface area contributed by atoms with Crippen LogP contribution >= 0.6 is 0 Å². The van der Waals surface area contributed by atoms with Crippen molar-refractivity contribution in [1.82, 2.24) is 9.88 Å². The first-order valence-electron chi connectivity index (χ1n) is 10.2. The van der Waals surface area contributed by atoms with E-state index in [1.807, 2.05) is 6.07 Å². The molecular formula is C22H31N3O. The minimum Gasteiger partial charge on any atom is -0.366 e. The molecule has 2 unspecified atom stereocenters. The van der Waals surface area contributed by atoms with Crippen LogP contribution in [0.3, 0.4) is 0 Å². The molecule has 2 aliphatic heterocycles. The summed E-state index contributed by atoms with van der Waals surface area (Å²) in [6.45, 7) is 7.86. The van der Waals surface area contributed by atoms with E-state index >= 15 is 0 Å². The van der Waals surface area contributed by atoms with E-state index in [0.29, 0.717) is 11.8 Å². The van der Waals surface area contributed by atoms with Gasteiger partial charge in [0.05, 0.1) is 5.56 Å². The zero-order valence-corrected chi connectivity index (χ0v) is 16.1. The number of carbonyl (C=O) groups is 1. The summed E-state index contributed by atoms with van der Waals surface area (Å²) in [6, 6.07) is 8.30. The summed E-state index contributed by atoms with van der Waals surface area (Å²) in [5, 5.41) is 4.53. The Morgan fingerprint density at radius 1 is 1.31 bits per heavy atom. The second kappa shape index (κ2) is 6.73. The van der Waals surface area contributed by atoms with Crippen molar-refractivity contribution in [3.8, 4) is 0 Å². The van der Waals surface area contributed by atoms with E-state index in [4.69, 9.17) is 5.73 Å². The fraction of sp³-hybridized carbons (Fsp3) is 0.591.